The van der Waals surface area contributed by atoms with Gasteiger partial charge >= 0.3 is 0 Å². The van der Waals surface area contributed by atoms with Gasteiger partial charge in [-0.2, -0.15) is 0 Å². The second kappa shape index (κ2) is 8.71. The summed E-state index contributed by atoms with van der Waals surface area (Å²) in [6.07, 6.45) is 3.54. The van der Waals surface area contributed by atoms with E-state index in [0.29, 0.717) is 5.56 Å². The fraction of sp³-hybridized carbons (Fsp3) is 0.0455. The number of aryl methyl sites for hydroxylation is 1. The van der Waals surface area contributed by atoms with Crippen LogP contribution in [0.5, 0.6) is 0 Å². The fourth-order valence-corrected chi connectivity index (χ4v) is 4.04. The molecule has 0 unspecified atom stereocenters. The van der Waals surface area contributed by atoms with Gasteiger partial charge in [0.2, 0.25) is 0 Å². The van der Waals surface area contributed by atoms with Crippen molar-refractivity contribution in [2.24, 2.45) is 0 Å². The average Bonchev–Trinajstić information content (AvgIpc) is 3.20. The van der Waals surface area contributed by atoms with Crippen LogP contribution < -0.4 is 10.6 Å². The van der Waals surface area contributed by atoms with Gasteiger partial charge in [0.25, 0.3) is 5.91 Å². The number of benzene rings is 2. The van der Waals surface area contributed by atoms with Gasteiger partial charge in [-0.1, -0.05) is 12.1 Å². The van der Waals surface area contributed by atoms with Crippen LogP contribution in [0.15, 0.2) is 72.4 Å². The van der Waals surface area contributed by atoms with Gasteiger partial charge in [0.05, 0.1) is 5.69 Å². The molecule has 0 radical (unpaired) electrons. The molecule has 2 N–H and O–H groups in total. The Morgan fingerprint density at radius 1 is 1.10 bits per heavy atom. The van der Waals surface area contributed by atoms with Crippen LogP contribution in [-0.2, 0) is 0 Å². The number of pyridine rings is 1. The molecule has 0 saturated heterocycles. The Bertz CT molecular complexity index is 1160. The maximum Gasteiger partial charge on any atom is 0.255 e. The molecule has 0 aliphatic heterocycles. The monoisotopic (exact) mass is 512 g/mol. The molecule has 0 aliphatic rings. The molecule has 5 nitrogen and oxygen atoms in total. The SMILES string of the molecule is Cc1ccc(NC(=O)c2cccc(I)c2)cc1Nc1nc(-c2cccnc2)cs1. The molecule has 0 spiro atoms. The van der Waals surface area contributed by atoms with Crippen molar-refractivity contribution in [1.82, 2.24) is 9.97 Å². The van der Waals surface area contributed by atoms with E-state index in [1.54, 1.807) is 18.5 Å². The molecule has 1 amide bonds. The number of thiazole rings is 1. The molecule has 0 fully saturated rings. The van der Waals surface area contributed by atoms with Crippen molar-refractivity contribution in [1.29, 1.82) is 0 Å². The molecule has 7 heteroatoms. The molecular weight excluding hydrogens is 495 g/mol. The van der Waals surface area contributed by atoms with Gasteiger partial charge in [0.1, 0.15) is 0 Å². The lowest BCUT2D eigenvalue weighted by atomic mass is 10.1. The third-order valence-corrected chi connectivity index (χ3v) is 5.71. The third-order valence-electron chi connectivity index (χ3n) is 4.29. The number of amides is 1. The zero-order valence-corrected chi connectivity index (χ0v) is 18.5. The van der Waals surface area contributed by atoms with Crippen LogP contribution in [0.2, 0.25) is 0 Å². The summed E-state index contributed by atoms with van der Waals surface area (Å²) in [5.74, 6) is -0.133. The van der Waals surface area contributed by atoms with Crippen molar-refractivity contribution in [3.8, 4) is 11.3 Å². The lowest BCUT2D eigenvalue weighted by Crippen LogP contribution is -2.12. The van der Waals surface area contributed by atoms with Crippen molar-refractivity contribution in [3.63, 3.8) is 0 Å². The topological polar surface area (TPSA) is 66.9 Å². The normalized spacial score (nSPS) is 10.6. The number of aromatic nitrogens is 2. The summed E-state index contributed by atoms with van der Waals surface area (Å²) in [7, 11) is 0. The Labute approximate surface area is 186 Å². The molecule has 2 heterocycles. The van der Waals surface area contributed by atoms with Crippen molar-refractivity contribution in [2.75, 3.05) is 10.6 Å². The fourth-order valence-electron chi connectivity index (χ4n) is 2.76. The molecule has 144 valence electrons. The number of hydrogen-bond acceptors (Lipinski definition) is 5. The minimum atomic E-state index is -0.133. The molecule has 2 aromatic carbocycles. The molecule has 4 aromatic rings. The van der Waals surface area contributed by atoms with Crippen LogP contribution in [-0.4, -0.2) is 15.9 Å². The van der Waals surface area contributed by atoms with Crippen molar-refractivity contribution in [2.45, 2.75) is 6.92 Å². The molecule has 0 atom stereocenters. The molecule has 0 saturated carbocycles. The Morgan fingerprint density at radius 2 is 2.00 bits per heavy atom. The minimum absolute atomic E-state index is 0.133. The maximum absolute atomic E-state index is 12.5. The van der Waals surface area contributed by atoms with E-state index in [9.17, 15) is 4.79 Å². The van der Waals surface area contributed by atoms with E-state index >= 15 is 0 Å². The Balaban J connectivity index is 1.52. The predicted octanol–water partition coefficient (Wildman–Crippen LogP) is 6.11. The number of halogens is 1. The van der Waals surface area contributed by atoms with Crippen molar-refractivity contribution in [3.05, 3.63) is 87.1 Å². The van der Waals surface area contributed by atoms with E-state index in [4.69, 9.17) is 0 Å². The Kier molecular flexibility index (Phi) is 5.86. The van der Waals surface area contributed by atoms with Crippen LogP contribution >= 0.6 is 33.9 Å². The minimum Gasteiger partial charge on any atom is -0.331 e. The number of carbonyl (C=O) groups is 1. The first-order chi connectivity index (χ1) is 14.1. The highest BCUT2D eigenvalue weighted by atomic mass is 127. The van der Waals surface area contributed by atoms with E-state index < -0.39 is 0 Å². The van der Waals surface area contributed by atoms with Gasteiger partial charge in [-0.3, -0.25) is 9.78 Å². The van der Waals surface area contributed by atoms with E-state index in [0.717, 1.165) is 36.9 Å². The molecule has 2 aromatic heterocycles. The molecule has 0 aliphatic carbocycles. The van der Waals surface area contributed by atoms with Gasteiger partial charge < -0.3 is 10.6 Å². The largest absolute Gasteiger partial charge is 0.331 e. The summed E-state index contributed by atoms with van der Waals surface area (Å²) < 4.78 is 1.02. The van der Waals surface area contributed by atoms with Crippen LogP contribution in [0.25, 0.3) is 11.3 Å². The second-order valence-electron chi connectivity index (χ2n) is 6.40. The number of nitrogens with one attached hydrogen (secondary N) is 2. The molecule has 0 bridgehead atoms. The lowest BCUT2D eigenvalue weighted by Gasteiger charge is -2.11. The zero-order chi connectivity index (χ0) is 20.2. The summed E-state index contributed by atoms with van der Waals surface area (Å²) in [5, 5.41) is 9.10. The highest BCUT2D eigenvalue weighted by Gasteiger charge is 2.10. The Morgan fingerprint density at radius 3 is 2.79 bits per heavy atom. The maximum atomic E-state index is 12.5. The van der Waals surface area contributed by atoms with E-state index in [1.165, 1.54) is 11.3 Å². The van der Waals surface area contributed by atoms with Crippen LogP contribution in [0.3, 0.4) is 0 Å². The first-order valence-electron chi connectivity index (χ1n) is 8.89. The van der Waals surface area contributed by atoms with E-state index in [1.807, 2.05) is 60.8 Å². The number of hydrogen-bond donors (Lipinski definition) is 2. The second-order valence-corrected chi connectivity index (χ2v) is 8.50. The number of carbonyl (C=O) groups excluding carboxylic acids is 1. The highest BCUT2D eigenvalue weighted by molar-refractivity contribution is 14.1. The predicted molar refractivity (Wildman–Crippen MR) is 127 cm³/mol. The summed E-state index contributed by atoms with van der Waals surface area (Å²) in [6, 6.07) is 17.2. The first-order valence-corrected chi connectivity index (χ1v) is 10.8. The third kappa shape index (κ3) is 4.80. The summed E-state index contributed by atoms with van der Waals surface area (Å²) >= 11 is 3.73. The average molecular weight is 512 g/mol. The van der Waals surface area contributed by atoms with Crippen LogP contribution in [0.1, 0.15) is 15.9 Å². The smallest absolute Gasteiger partial charge is 0.255 e. The molecular formula is C22H17IN4OS. The number of anilines is 3. The van der Waals surface area contributed by atoms with Gasteiger partial charge in [0, 0.05) is 43.8 Å². The summed E-state index contributed by atoms with van der Waals surface area (Å²) in [5.41, 5.74) is 5.19. The highest BCUT2D eigenvalue weighted by Crippen LogP contribution is 2.29. The quantitative estimate of drug-likeness (QED) is 0.317. The van der Waals surface area contributed by atoms with Crippen molar-refractivity contribution < 1.29 is 4.79 Å². The van der Waals surface area contributed by atoms with Gasteiger partial charge in [-0.25, -0.2) is 4.98 Å². The van der Waals surface area contributed by atoms with Crippen molar-refractivity contribution >= 4 is 56.3 Å². The number of nitrogens with zero attached hydrogens (tertiary/aromatic N) is 2. The summed E-state index contributed by atoms with van der Waals surface area (Å²) in [4.78, 5) is 21.3. The summed E-state index contributed by atoms with van der Waals surface area (Å²) in [6.45, 7) is 2.02. The van der Waals surface area contributed by atoms with Gasteiger partial charge in [-0.05, 0) is 77.5 Å². The van der Waals surface area contributed by atoms with Gasteiger partial charge in [0.15, 0.2) is 5.13 Å². The Hall–Kier alpha value is -2.78. The van der Waals surface area contributed by atoms with E-state index in [-0.39, 0.29) is 5.91 Å². The molecule has 29 heavy (non-hydrogen) atoms. The van der Waals surface area contributed by atoms with E-state index in [2.05, 4.69) is 43.2 Å². The standard InChI is InChI=1S/C22H17IN4OS/c1-14-7-8-18(25-21(28)15-4-2-6-17(23)10-15)11-19(14)26-22-27-20(13-29-22)16-5-3-9-24-12-16/h2-13H,1H3,(H,25,28)(H,26,27). The van der Waals surface area contributed by atoms with Crippen LogP contribution in [0.4, 0.5) is 16.5 Å². The first kappa shape index (κ1) is 19.5. The van der Waals surface area contributed by atoms with Gasteiger partial charge in [-0.15, -0.1) is 11.3 Å². The zero-order valence-electron chi connectivity index (χ0n) is 15.5. The number of rotatable bonds is 5. The molecule has 4 rings (SSSR count). The van der Waals surface area contributed by atoms with Crippen LogP contribution in [0, 0.1) is 10.5 Å². The lowest BCUT2D eigenvalue weighted by molar-refractivity contribution is 0.102.